The van der Waals surface area contributed by atoms with Crippen molar-refractivity contribution in [3.05, 3.63) is 99.5 Å². The summed E-state index contributed by atoms with van der Waals surface area (Å²) in [6.45, 7) is 2.00. The fourth-order valence-corrected chi connectivity index (χ4v) is 3.00. The minimum Gasteiger partial charge on any atom is -0.321 e. The second-order valence-electron chi connectivity index (χ2n) is 6.10. The van der Waals surface area contributed by atoms with E-state index in [4.69, 9.17) is 0 Å². The molecule has 1 N–H and O–H groups in total. The number of aryl methyl sites for hydroxylation is 1. The predicted molar refractivity (Wildman–Crippen MR) is 108 cm³/mol. The SMILES string of the molecule is Cc1cccc(CC(=O)c2ccccc2NC(=O)c2ccc(Br)cc2)c1. The number of carbonyl (C=O) groups is 2. The third-order valence-electron chi connectivity index (χ3n) is 4.03. The first-order valence-electron chi connectivity index (χ1n) is 8.27. The Balaban J connectivity index is 1.80. The number of nitrogens with one attached hydrogen (secondary N) is 1. The van der Waals surface area contributed by atoms with Gasteiger partial charge >= 0.3 is 0 Å². The number of halogens is 1. The second kappa shape index (κ2) is 8.11. The van der Waals surface area contributed by atoms with Crippen molar-refractivity contribution in [3.63, 3.8) is 0 Å². The lowest BCUT2D eigenvalue weighted by Gasteiger charge is -2.11. The van der Waals surface area contributed by atoms with Gasteiger partial charge in [-0.3, -0.25) is 9.59 Å². The van der Waals surface area contributed by atoms with Crippen molar-refractivity contribution in [1.82, 2.24) is 0 Å². The van der Waals surface area contributed by atoms with Gasteiger partial charge in [0.25, 0.3) is 5.91 Å². The molecule has 0 aliphatic rings. The lowest BCUT2D eigenvalue weighted by molar-refractivity contribution is 0.0994. The maximum Gasteiger partial charge on any atom is 0.255 e. The topological polar surface area (TPSA) is 46.2 Å². The van der Waals surface area contributed by atoms with Crippen LogP contribution in [-0.2, 0) is 6.42 Å². The van der Waals surface area contributed by atoms with Crippen molar-refractivity contribution in [1.29, 1.82) is 0 Å². The smallest absolute Gasteiger partial charge is 0.255 e. The number of benzene rings is 3. The highest BCUT2D eigenvalue weighted by Crippen LogP contribution is 2.20. The molecule has 130 valence electrons. The summed E-state index contributed by atoms with van der Waals surface area (Å²) in [6.07, 6.45) is 0.298. The zero-order chi connectivity index (χ0) is 18.5. The quantitative estimate of drug-likeness (QED) is 0.572. The van der Waals surface area contributed by atoms with Gasteiger partial charge in [-0.1, -0.05) is 57.9 Å². The molecule has 0 radical (unpaired) electrons. The Bertz CT molecular complexity index is 948. The summed E-state index contributed by atoms with van der Waals surface area (Å²) in [7, 11) is 0. The summed E-state index contributed by atoms with van der Waals surface area (Å²) >= 11 is 3.35. The van der Waals surface area contributed by atoms with Gasteiger partial charge in [-0.05, 0) is 48.9 Å². The summed E-state index contributed by atoms with van der Waals surface area (Å²) in [5.41, 5.74) is 3.66. The van der Waals surface area contributed by atoms with E-state index in [0.29, 0.717) is 23.2 Å². The minimum absolute atomic E-state index is 0.0256. The molecule has 0 unspecified atom stereocenters. The van der Waals surface area contributed by atoms with Gasteiger partial charge in [0.2, 0.25) is 0 Å². The molecule has 0 saturated carbocycles. The number of anilines is 1. The fraction of sp³-hybridized carbons (Fsp3) is 0.0909. The van der Waals surface area contributed by atoms with E-state index in [9.17, 15) is 9.59 Å². The van der Waals surface area contributed by atoms with E-state index in [-0.39, 0.29) is 11.7 Å². The first kappa shape index (κ1) is 18.1. The third-order valence-corrected chi connectivity index (χ3v) is 4.56. The molecule has 26 heavy (non-hydrogen) atoms. The fourth-order valence-electron chi connectivity index (χ4n) is 2.73. The molecule has 0 heterocycles. The van der Waals surface area contributed by atoms with Crippen molar-refractivity contribution >= 4 is 33.3 Å². The Morgan fingerprint density at radius 3 is 2.38 bits per heavy atom. The molecular weight excluding hydrogens is 390 g/mol. The number of Topliss-reactive ketones (excluding diaryl/α,β-unsaturated/α-hetero) is 1. The normalized spacial score (nSPS) is 10.4. The molecular formula is C22H18BrNO2. The molecule has 0 aliphatic carbocycles. The van der Waals surface area contributed by atoms with Gasteiger partial charge in [0.05, 0.1) is 5.69 Å². The van der Waals surface area contributed by atoms with Crippen LogP contribution >= 0.6 is 15.9 Å². The highest BCUT2D eigenvalue weighted by Gasteiger charge is 2.14. The first-order chi connectivity index (χ1) is 12.5. The molecule has 0 fully saturated rings. The number of carbonyl (C=O) groups excluding carboxylic acids is 2. The maximum atomic E-state index is 12.8. The van der Waals surface area contributed by atoms with E-state index >= 15 is 0 Å². The Labute approximate surface area is 161 Å². The number of hydrogen-bond donors (Lipinski definition) is 1. The van der Waals surface area contributed by atoms with Crippen LogP contribution < -0.4 is 5.32 Å². The van der Waals surface area contributed by atoms with Gasteiger partial charge in [-0.15, -0.1) is 0 Å². The molecule has 0 bridgehead atoms. The van der Waals surface area contributed by atoms with Gasteiger partial charge in [0.15, 0.2) is 5.78 Å². The average molecular weight is 408 g/mol. The maximum absolute atomic E-state index is 12.8. The first-order valence-corrected chi connectivity index (χ1v) is 9.07. The van der Waals surface area contributed by atoms with Crippen LogP contribution in [0.25, 0.3) is 0 Å². The van der Waals surface area contributed by atoms with Gasteiger partial charge < -0.3 is 5.32 Å². The standard InChI is InChI=1S/C22H18BrNO2/c1-15-5-4-6-16(13-15)14-21(25)19-7-2-3-8-20(19)24-22(26)17-9-11-18(23)12-10-17/h2-13H,14H2,1H3,(H,24,26). The molecule has 3 aromatic rings. The van der Waals surface area contributed by atoms with Gasteiger partial charge in [-0.25, -0.2) is 0 Å². The van der Waals surface area contributed by atoms with Gasteiger partial charge in [0.1, 0.15) is 0 Å². The summed E-state index contributed by atoms with van der Waals surface area (Å²) < 4.78 is 0.905. The number of para-hydroxylation sites is 1. The van der Waals surface area contributed by atoms with Crippen molar-refractivity contribution in [3.8, 4) is 0 Å². The molecule has 3 rings (SSSR count). The van der Waals surface area contributed by atoms with Crippen LogP contribution in [-0.4, -0.2) is 11.7 Å². The van der Waals surface area contributed by atoms with Crippen LogP contribution in [0.4, 0.5) is 5.69 Å². The highest BCUT2D eigenvalue weighted by molar-refractivity contribution is 9.10. The molecule has 0 atom stereocenters. The predicted octanol–water partition coefficient (Wildman–Crippen LogP) is 5.44. The van der Waals surface area contributed by atoms with Gasteiger partial charge in [0, 0.05) is 22.0 Å². The van der Waals surface area contributed by atoms with E-state index in [2.05, 4.69) is 21.2 Å². The van der Waals surface area contributed by atoms with Crippen molar-refractivity contribution < 1.29 is 9.59 Å². The molecule has 0 aromatic heterocycles. The molecule has 3 nitrogen and oxygen atoms in total. The largest absolute Gasteiger partial charge is 0.321 e. The van der Waals surface area contributed by atoms with E-state index in [1.54, 1.807) is 36.4 Å². The number of ketones is 1. The van der Waals surface area contributed by atoms with Crippen LogP contribution in [0.2, 0.25) is 0 Å². The van der Waals surface area contributed by atoms with Crippen molar-refractivity contribution in [2.24, 2.45) is 0 Å². The monoisotopic (exact) mass is 407 g/mol. The number of hydrogen-bond acceptors (Lipinski definition) is 2. The second-order valence-corrected chi connectivity index (χ2v) is 7.01. The van der Waals surface area contributed by atoms with Gasteiger partial charge in [-0.2, -0.15) is 0 Å². The summed E-state index contributed by atoms with van der Waals surface area (Å²) in [5.74, 6) is -0.268. The Morgan fingerprint density at radius 2 is 1.65 bits per heavy atom. The van der Waals surface area contributed by atoms with Crippen molar-refractivity contribution in [2.45, 2.75) is 13.3 Å². The van der Waals surface area contributed by atoms with Crippen LogP contribution in [0.3, 0.4) is 0 Å². The molecule has 1 amide bonds. The van der Waals surface area contributed by atoms with E-state index in [0.717, 1.165) is 15.6 Å². The Hall–Kier alpha value is -2.72. The zero-order valence-electron chi connectivity index (χ0n) is 14.3. The Kier molecular flexibility index (Phi) is 5.64. The minimum atomic E-state index is -0.242. The van der Waals surface area contributed by atoms with E-state index < -0.39 is 0 Å². The molecule has 0 aliphatic heterocycles. The molecule has 3 aromatic carbocycles. The average Bonchev–Trinajstić information content (AvgIpc) is 2.62. The summed E-state index contributed by atoms with van der Waals surface area (Å²) in [4.78, 5) is 25.2. The Morgan fingerprint density at radius 1 is 0.923 bits per heavy atom. The lowest BCUT2D eigenvalue weighted by atomic mass is 10.00. The third kappa shape index (κ3) is 4.46. The van der Waals surface area contributed by atoms with Crippen LogP contribution in [0.1, 0.15) is 31.8 Å². The van der Waals surface area contributed by atoms with Crippen LogP contribution in [0.15, 0.2) is 77.3 Å². The van der Waals surface area contributed by atoms with E-state index in [1.807, 2.05) is 43.3 Å². The highest BCUT2D eigenvalue weighted by atomic mass is 79.9. The molecule has 4 heteroatoms. The van der Waals surface area contributed by atoms with Crippen LogP contribution in [0.5, 0.6) is 0 Å². The number of rotatable bonds is 5. The van der Waals surface area contributed by atoms with Crippen molar-refractivity contribution in [2.75, 3.05) is 5.32 Å². The number of amides is 1. The zero-order valence-corrected chi connectivity index (χ0v) is 15.9. The van der Waals surface area contributed by atoms with Crippen LogP contribution in [0, 0.1) is 6.92 Å². The molecule has 0 saturated heterocycles. The van der Waals surface area contributed by atoms with E-state index in [1.165, 1.54) is 0 Å². The molecule has 0 spiro atoms. The summed E-state index contributed by atoms with van der Waals surface area (Å²) in [5, 5.41) is 2.85. The lowest BCUT2D eigenvalue weighted by Crippen LogP contribution is -2.15. The summed E-state index contributed by atoms with van der Waals surface area (Å²) in [6, 6.07) is 22.1.